The first kappa shape index (κ1) is 11.2. The van der Waals surface area contributed by atoms with Crippen molar-refractivity contribution in [2.75, 3.05) is 5.43 Å². The molecule has 2 aromatic heterocycles. The number of imidazole rings is 1. The molecule has 0 aromatic carbocycles. The van der Waals surface area contributed by atoms with Gasteiger partial charge in [0.2, 0.25) is 0 Å². The van der Waals surface area contributed by atoms with Gasteiger partial charge in [0.1, 0.15) is 5.82 Å². The number of nitrogens with two attached hydrogens (primary N) is 1. The zero-order valence-corrected chi connectivity index (χ0v) is 10.3. The highest BCUT2D eigenvalue weighted by Crippen LogP contribution is 2.20. The highest BCUT2D eigenvalue weighted by Gasteiger charge is 2.15. The summed E-state index contributed by atoms with van der Waals surface area (Å²) in [7, 11) is 0. The average molecular weight is 243 g/mol. The standard InChI is InChI=1S/C13H17N5/c14-17-13-7-10(5-6-15-13)8-18-9-16-11-3-1-2-4-12(11)18/h5-7,9H,1-4,8,14H2,(H,15,17). The Bertz CT molecular complexity index is 546. The van der Waals surface area contributed by atoms with Gasteiger partial charge < -0.3 is 9.99 Å². The van der Waals surface area contributed by atoms with Crippen molar-refractivity contribution in [3.63, 3.8) is 0 Å². The molecular formula is C13H17N5. The number of hydrogen-bond donors (Lipinski definition) is 2. The van der Waals surface area contributed by atoms with Crippen LogP contribution in [-0.4, -0.2) is 14.5 Å². The molecule has 1 aliphatic carbocycles. The predicted molar refractivity (Wildman–Crippen MR) is 70.0 cm³/mol. The molecule has 5 heteroatoms. The zero-order valence-electron chi connectivity index (χ0n) is 10.3. The van der Waals surface area contributed by atoms with Crippen LogP contribution in [0, 0.1) is 0 Å². The molecule has 2 heterocycles. The topological polar surface area (TPSA) is 68.8 Å². The monoisotopic (exact) mass is 243 g/mol. The van der Waals surface area contributed by atoms with Gasteiger partial charge in [0.15, 0.2) is 0 Å². The second-order valence-corrected chi connectivity index (χ2v) is 4.67. The number of hydrazine groups is 1. The van der Waals surface area contributed by atoms with Crippen molar-refractivity contribution in [1.82, 2.24) is 14.5 Å². The molecule has 18 heavy (non-hydrogen) atoms. The maximum absolute atomic E-state index is 5.37. The fraction of sp³-hybridized carbons (Fsp3) is 0.385. The third-order valence-corrected chi connectivity index (χ3v) is 3.44. The Kier molecular flexibility index (Phi) is 2.98. The first-order valence-electron chi connectivity index (χ1n) is 6.31. The van der Waals surface area contributed by atoms with Gasteiger partial charge in [0.05, 0.1) is 12.0 Å². The van der Waals surface area contributed by atoms with Crippen LogP contribution in [0.2, 0.25) is 0 Å². The van der Waals surface area contributed by atoms with Gasteiger partial charge in [-0.15, -0.1) is 0 Å². The molecule has 0 bridgehead atoms. The lowest BCUT2D eigenvalue weighted by molar-refractivity contribution is 0.628. The highest BCUT2D eigenvalue weighted by atomic mass is 15.2. The molecule has 1 aliphatic rings. The van der Waals surface area contributed by atoms with Crippen LogP contribution in [0.4, 0.5) is 5.82 Å². The van der Waals surface area contributed by atoms with E-state index in [1.165, 1.54) is 29.8 Å². The predicted octanol–water partition coefficient (Wildman–Crippen LogP) is 1.49. The Morgan fingerprint density at radius 3 is 3.06 bits per heavy atom. The van der Waals surface area contributed by atoms with E-state index in [0.29, 0.717) is 5.82 Å². The van der Waals surface area contributed by atoms with E-state index >= 15 is 0 Å². The molecule has 0 radical (unpaired) electrons. The van der Waals surface area contributed by atoms with Gasteiger partial charge in [-0.2, -0.15) is 0 Å². The van der Waals surface area contributed by atoms with Gasteiger partial charge >= 0.3 is 0 Å². The lowest BCUT2D eigenvalue weighted by Gasteiger charge is -2.14. The van der Waals surface area contributed by atoms with Crippen LogP contribution >= 0.6 is 0 Å². The van der Waals surface area contributed by atoms with Gasteiger partial charge in [-0.3, -0.25) is 0 Å². The van der Waals surface area contributed by atoms with Crippen LogP contribution in [0.25, 0.3) is 0 Å². The van der Waals surface area contributed by atoms with Crippen molar-refractivity contribution in [3.05, 3.63) is 41.6 Å². The van der Waals surface area contributed by atoms with Crippen LogP contribution in [-0.2, 0) is 19.4 Å². The number of fused-ring (bicyclic) bond motifs is 1. The lowest BCUT2D eigenvalue weighted by atomic mass is 10.0. The Hall–Kier alpha value is -1.88. The third kappa shape index (κ3) is 2.09. The summed E-state index contributed by atoms with van der Waals surface area (Å²) in [6.45, 7) is 0.833. The van der Waals surface area contributed by atoms with Gasteiger partial charge in [-0.25, -0.2) is 15.8 Å². The van der Waals surface area contributed by atoms with E-state index < -0.39 is 0 Å². The molecule has 0 saturated carbocycles. The number of nitrogens with zero attached hydrogens (tertiary/aromatic N) is 3. The van der Waals surface area contributed by atoms with Crippen molar-refractivity contribution in [2.45, 2.75) is 32.2 Å². The fourth-order valence-electron chi connectivity index (χ4n) is 2.52. The molecule has 0 atom stereocenters. The third-order valence-electron chi connectivity index (χ3n) is 3.44. The maximum atomic E-state index is 5.37. The Labute approximate surface area is 106 Å². The molecule has 0 spiro atoms. The number of hydrogen-bond acceptors (Lipinski definition) is 4. The van der Waals surface area contributed by atoms with Crippen molar-refractivity contribution in [2.24, 2.45) is 5.84 Å². The number of aromatic nitrogens is 3. The van der Waals surface area contributed by atoms with Crippen molar-refractivity contribution in [1.29, 1.82) is 0 Å². The molecule has 0 aliphatic heterocycles. The number of pyridine rings is 1. The minimum absolute atomic E-state index is 0.696. The Morgan fingerprint density at radius 1 is 1.28 bits per heavy atom. The molecule has 0 unspecified atom stereocenters. The van der Waals surface area contributed by atoms with Crippen LogP contribution in [0.3, 0.4) is 0 Å². The molecular weight excluding hydrogens is 226 g/mol. The van der Waals surface area contributed by atoms with E-state index in [2.05, 4.69) is 20.0 Å². The van der Waals surface area contributed by atoms with Crippen molar-refractivity contribution in [3.8, 4) is 0 Å². The van der Waals surface area contributed by atoms with E-state index in [1.54, 1.807) is 6.20 Å². The summed E-state index contributed by atoms with van der Waals surface area (Å²) < 4.78 is 2.24. The summed E-state index contributed by atoms with van der Waals surface area (Å²) in [5.41, 5.74) is 6.42. The van der Waals surface area contributed by atoms with E-state index in [-0.39, 0.29) is 0 Å². The number of anilines is 1. The number of rotatable bonds is 3. The summed E-state index contributed by atoms with van der Waals surface area (Å²) in [5.74, 6) is 6.07. The summed E-state index contributed by atoms with van der Waals surface area (Å²) in [6, 6.07) is 3.98. The van der Waals surface area contributed by atoms with E-state index in [1.807, 2.05) is 18.5 Å². The first-order valence-corrected chi connectivity index (χ1v) is 6.31. The summed E-state index contributed by atoms with van der Waals surface area (Å²) in [5, 5.41) is 0. The largest absolute Gasteiger partial charge is 0.330 e. The summed E-state index contributed by atoms with van der Waals surface area (Å²) >= 11 is 0. The van der Waals surface area contributed by atoms with Crippen LogP contribution in [0.15, 0.2) is 24.7 Å². The molecule has 0 saturated heterocycles. The zero-order chi connectivity index (χ0) is 12.4. The second kappa shape index (κ2) is 4.78. The lowest BCUT2D eigenvalue weighted by Crippen LogP contribution is -2.11. The molecule has 3 N–H and O–H groups in total. The minimum Gasteiger partial charge on any atom is -0.330 e. The molecule has 2 aromatic rings. The normalized spacial score (nSPS) is 14.3. The van der Waals surface area contributed by atoms with Crippen LogP contribution < -0.4 is 11.3 Å². The van der Waals surface area contributed by atoms with E-state index in [4.69, 9.17) is 5.84 Å². The van der Waals surface area contributed by atoms with Gasteiger partial charge in [-0.05, 0) is 43.4 Å². The number of nitrogen functional groups attached to an aromatic ring is 1. The van der Waals surface area contributed by atoms with Crippen molar-refractivity contribution >= 4 is 5.82 Å². The first-order chi connectivity index (χ1) is 8.86. The minimum atomic E-state index is 0.696. The maximum Gasteiger partial charge on any atom is 0.140 e. The number of aryl methyl sites for hydroxylation is 1. The average Bonchev–Trinajstić information content (AvgIpc) is 2.83. The Morgan fingerprint density at radius 2 is 2.17 bits per heavy atom. The molecule has 94 valence electrons. The van der Waals surface area contributed by atoms with Gasteiger partial charge in [0, 0.05) is 18.4 Å². The van der Waals surface area contributed by atoms with Gasteiger partial charge in [-0.1, -0.05) is 0 Å². The van der Waals surface area contributed by atoms with Crippen molar-refractivity contribution < 1.29 is 0 Å². The summed E-state index contributed by atoms with van der Waals surface area (Å²) in [6.07, 6.45) is 8.52. The summed E-state index contributed by atoms with van der Waals surface area (Å²) in [4.78, 5) is 8.62. The van der Waals surface area contributed by atoms with E-state index in [0.717, 1.165) is 19.4 Å². The highest BCUT2D eigenvalue weighted by molar-refractivity contribution is 5.36. The SMILES string of the molecule is NNc1cc(Cn2cnc3c2CCCC3)ccn1. The fourth-order valence-corrected chi connectivity index (χ4v) is 2.52. The van der Waals surface area contributed by atoms with Crippen LogP contribution in [0.1, 0.15) is 29.8 Å². The Balaban J connectivity index is 1.85. The molecule has 5 nitrogen and oxygen atoms in total. The quantitative estimate of drug-likeness (QED) is 0.633. The van der Waals surface area contributed by atoms with Gasteiger partial charge in [0.25, 0.3) is 0 Å². The van der Waals surface area contributed by atoms with E-state index in [9.17, 15) is 0 Å². The molecule has 3 rings (SSSR count). The smallest absolute Gasteiger partial charge is 0.140 e. The number of nitrogens with one attached hydrogen (secondary N) is 1. The molecule has 0 amide bonds. The molecule has 0 fully saturated rings. The second-order valence-electron chi connectivity index (χ2n) is 4.67. The van der Waals surface area contributed by atoms with Crippen LogP contribution in [0.5, 0.6) is 0 Å².